The van der Waals surface area contributed by atoms with Crippen molar-refractivity contribution in [3.63, 3.8) is 0 Å². The van der Waals surface area contributed by atoms with E-state index in [1.165, 1.54) is 17.3 Å². The zero-order chi connectivity index (χ0) is 9.68. The second-order valence-corrected chi connectivity index (χ2v) is 4.85. The molecule has 13 heavy (non-hydrogen) atoms. The fourth-order valence-electron chi connectivity index (χ4n) is 0.775. The van der Waals surface area contributed by atoms with Crippen LogP contribution in [-0.2, 0) is 5.75 Å². The lowest BCUT2D eigenvalue weighted by molar-refractivity contribution is 1.42. The van der Waals surface area contributed by atoms with Crippen LogP contribution < -0.4 is 0 Å². The Morgan fingerprint density at radius 3 is 2.23 bits per heavy atom. The fraction of sp³-hybridized carbons (Fsp3) is 0.111. The average molecular weight is 254 g/mol. The van der Waals surface area contributed by atoms with Gasteiger partial charge in [0.2, 0.25) is 0 Å². The molecule has 0 saturated heterocycles. The molecule has 0 atom stereocenters. The fourth-order valence-corrected chi connectivity index (χ4v) is 1.86. The van der Waals surface area contributed by atoms with Gasteiger partial charge in [-0.3, -0.25) is 0 Å². The summed E-state index contributed by atoms with van der Waals surface area (Å²) in [6, 6.07) is 9.99. The molecule has 0 N–H and O–H groups in total. The number of thioether (sulfide) groups is 1. The van der Waals surface area contributed by atoms with Crippen molar-refractivity contribution in [1.82, 2.24) is 0 Å². The number of rotatable bonds is 3. The van der Waals surface area contributed by atoms with Gasteiger partial charge in [-0.1, -0.05) is 65.1 Å². The van der Waals surface area contributed by atoms with Gasteiger partial charge < -0.3 is 0 Å². The van der Waals surface area contributed by atoms with Crippen molar-refractivity contribution in [2.24, 2.45) is 0 Å². The highest BCUT2D eigenvalue weighted by Crippen LogP contribution is 2.30. The quantitative estimate of drug-likeness (QED) is 0.748. The first-order valence-electron chi connectivity index (χ1n) is 3.57. The topological polar surface area (TPSA) is 0 Å². The van der Waals surface area contributed by atoms with Crippen LogP contribution in [0.1, 0.15) is 5.56 Å². The van der Waals surface area contributed by atoms with Crippen LogP contribution in [0, 0.1) is 0 Å². The first kappa shape index (κ1) is 11.3. The highest BCUT2D eigenvalue weighted by atomic mass is 35.5. The van der Waals surface area contributed by atoms with Crippen molar-refractivity contribution >= 4 is 46.6 Å². The molecule has 70 valence electrons. The van der Waals surface area contributed by atoms with Gasteiger partial charge in [0, 0.05) is 5.75 Å². The third-order valence-corrected chi connectivity index (χ3v) is 3.60. The van der Waals surface area contributed by atoms with E-state index in [4.69, 9.17) is 34.8 Å². The number of halogens is 3. The molecule has 0 fully saturated rings. The predicted octanol–water partition coefficient (Wildman–Crippen LogP) is 4.76. The Hall–Kier alpha value is 0.180. The van der Waals surface area contributed by atoms with Crippen molar-refractivity contribution in [3.8, 4) is 0 Å². The minimum Gasteiger partial charge on any atom is -0.107 e. The summed E-state index contributed by atoms with van der Waals surface area (Å²) in [6.07, 6.45) is 0. The highest BCUT2D eigenvalue weighted by molar-refractivity contribution is 8.03. The Morgan fingerprint density at radius 1 is 1.08 bits per heavy atom. The van der Waals surface area contributed by atoms with Crippen LogP contribution in [0.4, 0.5) is 0 Å². The molecule has 0 aliphatic carbocycles. The molecule has 4 heteroatoms. The Kier molecular flexibility index (Phi) is 5.04. The maximum Gasteiger partial charge on any atom is 0.131 e. The zero-order valence-electron chi connectivity index (χ0n) is 6.64. The highest BCUT2D eigenvalue weighted by Gasteiger charge is 2.00. The Balaban J connectivity index is 2.49. The van der Waals surface area contributed by atoms with E-state index < -0.39 is 0 Å². The van der Waals surface area contributed by atoms with E-state index in [1.807, 2.05) is 30.3 Å². The van der Waals surface area contributed by atoms with Gasteiger partial charge in [0.25, 0.3) is 0 Å². The van der Waals surface area contributed by atoms with E-state index in [0.717, 1.165) is 5.75 Å². The molecule has 0 aliphatic heterocycles. The third kappa shape index (κ3) is 4.28. The van der Waals surface area contributed by atoms with Gasteiger partial charge in [-0.05, 0) is 5.56 Å². The normalized spacial score (nSPS) is 9.77. The SMILES string of the molecule is ClC(Cl)=C(Cl)SCc1ccccc1. The predicted molar refractivity (Wildman–Crippen MR) is 62.3 cm³/mol. The Morgan fingerprint density at radius 2 is 1.69 bits per heavy atom. The van der Waals surface area contributed by atoms with E-state index in [0.29, 0.717) is 4.36 Å². The van der Waals surface area contributed by atoms with Gasteiger partial charge in [0.1, 0.15) is 8.86 Å². The van der Waals surface area contributed by atoms with Gasteiger partial charge in [-0.2, -0.15) is 0 Å². The Bertz CT molecular complexity index is 291. The van der Waals surface area contributed by atoms with Crippen LogP contribution in [0.25, 0.3) is 0 Å². The molecule has 0 amide bonds. The van der Waals surface area contributed by atoms with Crippen LogP contribution in [-0.4, -0.2) is 0 Å². The summed E-state index contributed by atoms with van der Waals surface area (Å²) in [4.78, 5) is 0. The summed E-state index contributed by atoms with van der Waals surface area (Å²) in [7, 11) is 0. The van der Waals surface area contributed by atoms with Crippen molar-refractivity contribution in [2.45, 2.75) is 5.75 Å². The van der Waals surface area contributed by atoms with E-state index in [2.05, 4.69) is 0 Å². The molecule has 0 bridgehead atoms. The van der Waals surface area contributed by atoms with Gasteiger partial charge in [0.15, 0.2) is 0 Å². The smallest absolute Gasteiger partial charge is 0.107 e. The standard InChI is InChI=1S/C9H7Cl3S/c10-8(11)9(12)13-6-7-4-2-1-3-5-7/h1-5H,6H2. The first-order chi connectivity index (χ1) is 6.20. The van der Waals surface area contributed by atoms with E-state index in [9.17, 15) is 0 Å². The van der Waals surface area contributed by atoms with Crippen LogP contribution in [0.2, 0.25) is 0 Å². The van der Waals surface area contributed by atoms with Crippen LogP contribution in [0.5, 0.6) is 0 Å². The summed E-state index contributed by atoms with van der Waals surface area (Å²) >= 11 is 18.1. The second-order valence-electron chi connectivity index (χ2n) is 2.31. The summed E-state index contributed by atoms with van der Waals surface area (Å²) in [6.45, 7) is 0. The van der Waals surface area contributed by atoms with E-state index in [-0.39, 0.29) is 4.49 Å². The van der Waals surface area contributed by atoms with E-state index >= 15 is 0 Å². The molecule has 0 unspecified atom stereocenters. The molecule has 0 nitrogen and oxygen atoms in total. The van der Waals surface area contributed by atoms with Gasteiger partial charge in [0.05, 0.1) is 0 Å². The molecule has 0 aliphatic rings. The maximum absolute atomic E-state index is 5.74. The minimum atomic E-state index is 0.127. The monoisotopic (exact) mass is 252 g/mol. The molecule has 0 radical (unpaired) electrons. The van der Waals surface area contributed by atoms with Crippen molar-refractivity contribution < 1.29 is 0 Å². The van der Waals surface area contributed by atoms with Crippen molar-refractivity contribution in [3.05, 3.63) is 44.8 Å². The van der Waals surface area contributed by atoms with Gasteiger partial charge in [-0.15, -0.1) is 11.8 Å². The minimum absolute atomic E-state index is 0.127. The summed E-state index contributed by atoms with van der Waals surface area (Å²) in [5.41, 5.74) is 1.19. The summed E-state index contributed by atoms with van der Waals surface area (Å²) < 4.78 is 0.565. The van der Waals surface area contributed by atoms with Crippen LogP contribution >= 0.6 is 46.6 Å². The molecule has 1 aromatic carbocycles. The zero-order valence-corrected chi connectivity index (χ0v) is 9.72. The molecule has 0 spiro atoms. The molecular formula is C9H7Cl3S. The lowest BCUT2D eigenvalue weighted by Gasteiger charge is -1.99. The largest absolute Gasteiger partial charge is 0.131 e. The molecule has 1 rings (SSSR count). The molecule has 1 aromatic rings. The van der Waals surface area contributed by atoms with Crippen molar-refractivity contribution in [1.29, 1.82) is 0 Å². The Labute approximate surface area is 96.9 Å². The molecule has 0 saturated carbocycles. The molecule has 0 aromatic heterocycles. The number of hydrogen-bond acceptors (Lipinski definition) is 1. The van der Waals surface area contributed by atoms with Gasteiger partial charge >= 0.3 is 0 Å². The number of hydrogen-bond donors (Lipinski definition) is 0. The first-order valence-corrected chi connectivity index (χ1v) is 5.69. The maximum atomic E-state index is 5.74. The van der Waals surface area contributed by atoms with Crippen LogP contribution in [0.3, 0.4) is 0 Å². The van der Waals surface area contributed by atoms with Crippen molar-refractivity contribution in [2.75, 3.05) is 0 Å². The van der Waals surface area contributed by atoms with Crippen LogP contribution in [0.15, 0.2) is 39.2 Å². The van der Waals surface area contributed by atoms with Gasteiger partial charge in [-0.25, -0.2) is 0 Å². The number of benzene rings is 1. The summed E-state index contributed by atoms with van der Waals surface area (Å²) in [5.74, 6) is 0.780. The summed E-state index contributed by atoms with van der Waals surface area (Å²) in [5, 5.41) is 0. The molecule has 0 heterocycles. The van der Waals surface area contributed by atoms with E-state index in [1.54, 1.807) is 0 Å². The molecular weight excluding hydrogens is 247 g/mol. The third-order valence-electron chi connectivity index (χ3n) is 1.36. The lowest BCUT2D eigenvalue weighted by Crippen LogP contribution is -1.77. The lowest BCUT2D eigenvalue weighted by atomic mass is 10.2. The average Bonchev–Trinajstić information content (AvgIpc) is 2.15. The second kappa shape index (κ2) is 5.82.